The lowest BCUT2D eigenvalue weighted by atomic mass is 9.92. The maximum atomic E-state index is 3.86. The molecule has 11 heavy (non-hydrogen) atoms. The van der Waals surface area contributed by atoms with Crippen molar-refractivity contribution in [3.05, 3.63) is 11.8 Å². The van der Waals surface area contributed by atoms with Crippen LogP contribution in [0.25, 0.3) is 0 Å². The third-order valence-corrected chi connectivity index (χ3v) is 1.45. The summed E-state index contributed by atoms with van der Waals surface area (Å²) in [5.74, 6) is 0. The van der Waals surface area contributed by atoms with E-state index in [1.165, 1.54) is 5.70 Å². The molecule has 0 rings (SSSR count). The Morgan fingerprint density at radius 3 is 2.18 bits per heavy atom. The van der Waals surface area contributed by atoms with E-state index in [1.807, 2.05) is 6.92 Å². The summed E-state index contributed by atoms with van der Waals surface area (Å²) in [5.41, 5.74) is 1.37. The molecule has 0 saturated carbocycles. The second kappa shape index (κ2) is 4.16. The predicted octanol–water partition coefficient (Wildman–Crippen LogP) is 2.18. The van der Waals surface area contributed by atoms with E-state index in [-0.39, 0.29) is 5.41 Å². The fourth-order valence-electron chi connectivity index (χ4n) is 0.867. The van der Waals surface area contributed by atoms with E-state index >= 15 is 0 Å². The minimum absolute atomic E-state index is 0.177. The van der Waals surface area contributed by atoms with Crippen LogP contribution in [-0.4, -0.2) is 13.4 Å². The first-order valence-corrected chi connectivity index (χ1v) is 3.86. The van der Waals surface area contributed by atoms with Gasteiger partial charge in [0.1, 0.15) is 0 Å². The molecule has 0 aliphatic heterocycles. The summed E-state index contributed by atoms with van der Waals surface area (Å²) in [6, 6.07) is 0. The Labute approximate surface area is 69.4 Å². The van der Waals surface area contributed by atoms with Crippen LogP contribution in [0.1, 0.15) is 27.7 Å². The average molecular weight is 154 g/mol. The summed E-state index contributed by atoms with van der Waals surface area (Å²) >= 11 is 0. The lowest BCUT2D eigenvalue weighted by Crippen LogP contribution is -2.22. The number of aliphatic imine (C=N–C) groups is 1. The van der Waals surface area contributed by atoms with Gasteiger partial charge in [0.05, 0.1) is 6.34 Å². The Bertz CT molecular complexity index is 161. The first-order valence-electron chi connectivity index (χ1n) is 3.86. The van der Waals surface area contributed by atoms with E-state index in [0.717, 1.165) is 0 Å². The van der Waals surface area contributed by atoms with Crippen molar-refractivity contribution in [1.29, 1.82) is 0 Å². The van der Waals surface area contributed by atoms with Crippen molar-refractivity contribution in [1.82, 2.24) is 5.32 Å². The zero-order chi connectivity index (χ0) is 8.91. The zero-order valence-corrected chi connectivity index (χ0v) is 8.10. The fourth-order valence-corrected chi connectivity index (χ4v) is 0.867. The molecule has 0 amide bonds. The smallest absolute Gasteiger partial charge is 0.0862 e. The lowest BCUT2D eigenvalue weighted by Gasteiger charge is -2.22. The Morgan fingerprint density at radius 1 is 1.36 bits per heavy atom. The molecule has 64 valence electrons. The molecule has 0 aromatic heterocycles. The van der Waals surface area contributed by atoms with Crippen molar-refractivity contribution < 1.29 is 0 Å². The number of nitrogens with one attached hydrogen (secondary N) is 1. The van der Waals surface area contributed by atoms with Gasteiger partial charge in [-0.2, -0.15) is 0 Å². The van der Waals surface area contributed by atoms with Crippen molar-refractivity contribution in [2.24, 2.45) is 10.4 Å². The summed E-state index contributed by atoms with van der Waals surface area (Å²) in [7, 11) is 1.75. The van der Waals surface area contributed by atoms with Crippen LogP contribution in [0.15, 0.2) is 16.8 Å². The Morgan fingerprint density at radius 2 is 1.91 bits per heavy atom. The predicted molar refractivity (Wildman–Crippen MR) is 50.8 cm³/mol. The zero-order valence-electron chi connectivity index (χ0n) is 8.10. The Hall–Kier alpha value is -0.790. The monoisotopic (exact) mass is 154 g/mol. The van der Waals surface area contributed by atoms with Gasteiger partial charge in [-0.25, -0.2) is 0 Å². The van der Waals surface area contributed by atoms with Gasteiger partial charge >= 0.3 is 0 Å². The molecule has 0 unspecified atom stereocenters. The highest BCUT2D eigenvalue weighted by Gasteiger charge is 2.14. The fraction of sp³-hybridized carbons (Fsp3) is 0.667. The molecule has 0 spiro atoms. The molecular formula is C9H18N2. The van der Waals surface area contributed by atoms with Crippen LogP contribution >= 0.6 is 0 Å². The SMILES string of the molecule is C/C=C(\NC=NC)C(C)(C)C. The summed E-state index contributed by atoms with van der Waals surface area (Å²) in [5, 5.41) is 3.13. The normalized spacial score (nSPS) is 14.1. The second-order valence-electron chi connectivity index (χ2n) is 3.48. The van der Waals surface area contributed by atoms with Gasteiger partial charge in [0.15, 0.2) is 0 Å². The van der Waals surface area contributed by atoms with Crippen LogP contribution in [0.3, 0.4) is 0 Å². The van der Waals surface area contributed by atoms with Crippen LogP contribution in [-0.2, 0) is 0 Å². The van der Waals surface area contributed by atoms with Crippen LogP contribution in [0.4, 0.5) is 0 Å². The minimum atomic E-state index is 0.177. The highest BCUT2D eigenvalue weighted by atomic mass is 14.9. The number of hydrogen-bond donors (Lipinski definition) is 1. The molecule has 0 aromatic carbocycles. The maximum absolute atomic E-state index is 3.86. The van der Waals surface area contributed by atoms with E-state index in [9.17, 15) is 0 Å². The molecule has 0 aromatic rings. The topological polar surface area (TPSA) is 24.4 Å². The molecule has 0 heterocycles. The molecule has 0 saturated heterocycles. The molecule has 2 nitrogen and oxygen atoms in total. The van der Waals surface area contributed by atoms with Gasteiger partial charge in [-0.3, -0.25) is 4.99 Å². The minimum Gasteiger partial charge on any atom is -0.350 e. The quantitative estimate of drug-likeness (QED) is 0.478. The number of rotatable bonds is 2. The van der Waals surface area contributed by atoms with Crippen molar-refractivity contribution in [3.63, 3.8) is 0 Å². The van der Waals surface area contributed by atoms with Gasteiger partial charge in [0, 0.05) is 18.2 Å². The van der Waals surface area contributed by atoms with Crippen molar-refractivity contribution in [2.45, 2.75) is 27.7 Å². The first-order chi connectivity index (χ1) is 5.02. The Balaban J connectivity index is 4.21. The van der Waals surface area contributed by atoms with Crippen LogP contribution in [0.5, 0.6) is 0 Å². The van der Waals surface area contributed by atoms with Crippen molar-refractivity contribution in [3.8, 4) is 0 Å². The molecule has 2 heteroatoms. The van der Waals surface area contributed by atoms with Crippen LogP contribution < -0.4 is 5.32 Å². The van der Waals surface area contributed by atoms with Gasteiger partial charge in [0.25, 0.3) is 0 Å². The summed E-state index contributed by atoms with van der Waals surface area (Å²) in [4.78, 5) is 3.86. The summed E-state index contributed by atoms with van der Waals surface area (Å²) in [6.45, 7) is 8.52. The summed E-state index contributed by atoms with van der Waals surface area (Å²) < 4.78 is 0. The molecule has 1 N–H and O–H groups in total. The molecule has 0 aliphatic rings. The Kier molecular flexibility index (Phi) is 3.86. The van der Waals surface area contributed by atoms with E-state index < -0.39 is 0 Å². The molecule has 0 aliphatic carbocycles. The van der Waals surface area contributed by atoms with Crippen molar-refractivity contribution in [2.75, 3.05) is 7.05 Å². The van der Waals surface area contributed by atoms with Crippen molar-refractivity contribution >= 4 is 6.34 Å². The highest BCUT2D eigenvalue weighted by molar-refractivity contribution is 5.57. The van der Waals surface area contributed by atoms with Gasteiger partial charge in [-0.05, 0) is 6.92 Å². The van der Waals surface area contributed by atoms with E-state index in [1.54, 1.807) is 13.4 Å². The van der Waals surface area contributed by atoms with E-state index in [2.05, 4.69) is 37.2 Å². The largest absolute Gasteiger partial charge is 0.350 e. The lowest BCUT2D eigenvalue weighted by molar-refractivity contribution is 0.484. The third kappa shape index (κ3) is 3.81. The third-order valence-electron chi connectivity index (χ3n) is 1.45. The standard InChI is InChI=1S/C9H18N2/c1-6-8(9(2,3)4)11-7-10-5/h6-7H,1-5H3,(H,10,11)/b8-6-. The number of allylic oxidation sites excluding steroid dienone is 2. The average Bonchev–Trinajstić information content (AvgIpc) is 1.87. The first kappa shape index (κ1) is 10.2. The highest BCUT2D eigenvalue weighted by Crippen LogP contribution is 2.21. The van der Waals surface area contributed by atoms with Gasteiger partial charge in [-0.1, -0.05) is 26.8 Å². The maximum Gasteiger partial charge on any atom is 0.0862 e. The van der Waals surface area contributed by atoms with Crippen LogP contribution in [0, 0.1) is 5.41 Å². The molecular weight excluding hydrogens is 136 g/mol. The van der Waals surface area contributed by atoms with Gasteiger partial charge in [0.2, 0.25) is 0 Å². The van der Waals surface area contributed by atoms with Crippen LogP contribution in [0.2, 0.25) is 0 Å². The summed E-state index contributed by atoms with van der Waals surface area (Å²) in [6.07, 6.45) is 3.78. The second-order valence-corrected chi connectivity index (χ2v) is 3.48. The molecule has 0 bridgehead atoms. The van der Waals surface area contributed by atoms with Gasteiger partial charge in [-0.15, -0.1) is 0 Å². The molecule has 0 atom stereocenters. The molecule has 0 radical (unpaired) electrons. The number of nitrogens with zero attached hydrogens (tertiary/aromatic N) is 1. The number of hydrogen-bond acceptors (Lipinski definition) is 1. The van der Waals surface area contributed by atoms with E-state index in [0.29, 0.717) is 0 Å². The van der Waals surface area contributed by atoms with Gasteiger partial charge < -0.3 is 5.32 Å². The van der Waals surface area contributed by atoms with E-state index in [4.69, 9.17) is 0 Å². The molecule has 0 fully saturated rings.